The first-order valence-electron chi connectivity index (χ1n) is 11.0. The number of fused-ring (bicyclic) bond motifs is 3. The van der Waals surface area contributed by atoms with Crippen LogP contribution in [0.25, 0.3) is 0 Å². The molecule has 166 valence electrons. The summed E-state index contributed by atoms with van der Waals surface area (Å²) in [6.07, 6.45) is 3.94. The third-order valence-corrected chi connectivity index (χ3v) is 6.44. The standard InChI is InChI=1S/C24H27N5O3/c30-21-6-4-5-18(12-21)25-24(31)23-15-28-10-9-17(23)11-20(28)14-29-13-19(26-27-29)16-32-22-7-2-1-3-8-22/h1-8,12-13,17,20,23,30H,9-11,14-16H2,(H,25,31)/t17-,20+,23-/m0/s1. The van der Waals surface area contributed by atoms with Gasteiger partial charge in [-0.2, -0.15) is 0 Å². The first kappa shape index (κ1) is 20.5. The molecule has 3 aliphatic heterocycles. The summed E-state index contributed by atoms with van der Waals surface area (Å²) < 4.78 is 7.64. The van der Waals surface area contributed by atoms with Crippen LogP contribution in [0.5, 0.6) is 11.5 Å². The Labute approximate surface area is 186 Å². The molecule has 8 heteroatoms. The minimum atomic E-state index is -0.0343. The second-order valence-corrected chi connectivity index (χ2v) is 8.61. The molecular formula is C24H27N5O3. The molecule has 3 aromatic rings. The van der Waals surface area contributed by atoms with Crippen LogP contribution < -0.4 is 10.1 Å². The number of carbonyl (C=O) groups is 1. The summed E-state index contributed by atoms with van der Waals surface area (Å²) in [6.45, 7) is 2.90. The van der Waals surface area contributed by atoms with E-state index in [0.717, 1.165) is 43.9 Å². The maximum Gasteiger partial charge on any atom is 0.229 e. The van der Waals surface area contributed by atoms with E-state index in [1.807, 2.05) is 41.2 Å². The zero-order valence-electron chi connectivity index (χ0n) is 17.8. The fourth-order valence-corrected chi connectivity index (χ4v) is 4.83. The fraction of sp³-hybridized carbons (Fsp3) is 0.375. The Hall–Kier alpha value is -3.39. The lowest BCUT2D eigenvalue weighted by Gasteiger charge is -2.49. The van der Waals surface area contributed by atoms with E-state index in [9.17, 15) is 9.90 Å². The Kier molecular flexibility index (Phi) is 5.77. The molecule has 1 unspecified atom stereocenters. The van der Waals surface area contributed by atoms with Crippen LogP contribution in [0.15, 0.2) is 60.8 Å². The largest absolute Gasteiger partial charge is 0.508 e. The lowest BCUT2D eigenvalue weighted by atomic mass is 9.75. The molecule has 0 spiro atoms. The lowest BCUT2D eigenvalue weighted by molar-refractivity contribution is -0.127. The zero-order valence-corrected chi connectivity index (χ0v) is 17.8. The van der Waals surface area contributed by atoms with Crippen molar-refractivity contribution in [2.45, 2.75) is 32.0 Å². The molecule has 0 radical (unpaired) electrons. The summed E-state index contributed by atoms with van der Waals surface area (Å²) in [5, 5.41) is 21.1. The summed E-state index contributed by atoms with van der Waals surface area (Å²) in [4.78, 5) is 15.3. The van der Waals surface area contributed by atoms with Crippen molar-refractivity contribution in [3.8, 4) is 11.5 Å². The smallest absolute Gasteiger partial charge is 0.229 e. The van der Waals surface area contributed by atoms with Crippen molar-refractivity contribution in [2.24, 2.45) is 11.8 Å². The second-order valence-electron chi connectivity index (χ2n) is 8.61. The number of para-hydroxylation sites is 1. The van der Waals surface area contributed by atoms with Crippen LogP contribution in [-0.2, 0) is 17.9 Å². The molecule has 2 aromatic carbocycles. The van der Waals surface area contributed by atoms with Gasteiger partial charge in [0.2, 0.25) is 5.91 Å². The van der Waals surface area contributed by atoms with E-state index >= 15 is 0 Å². The summed E-state index contributed by atoms with van der Waals surface area (Å²) in [5.74, 6) is 1.32. The summed E-state index contributed by atoms with van der Waals surface area (Å²) >= 11 is 0. The van der Waals surface area contributed by atoms with Crippen molar-refractivity contribution >= 4 is 11.6 Å². The molecular weight excluding hydrogens is 406 g/mol. The maximum atomic E-state index is 12.9. The highest BCUT2D eigenvalue weighted by molar-refractivity contribution is 5.93. The Morgan fingerprint density at radius 3 is 2.84 bits per heavy atom. The van der Waals surface area contributed by atoms with Crippen molar-refractivity contribution < 1.29 is 14.6 Å². The first-order chi connectivity index (χ1) is 15.6. The number of amides is 1. The van der Waals surface area contributed by atoms with E-state index in [1.54, 1.807) is 24.3 Å². The highest BCUT2D eigenvalue weighted by atomic mass is 16.5. The van der Waals surface area contributed by atoms with Crippen LogP contribution in [0.2, 0.25) is 0 Å². The van der Waals surface area contributed by atoms with Crippen LogP contribution in [0, 0.1) is 11.8 Å². The Bertz CT molecular complexity index is 1070. The summed E-state index contributed by atoms with van der Waals surface area (Å²) in [5.41, 5.74) is 1.43. The van der Waals surface area contributed by atoms with Crippen LogP contribution in [-0.4, -0.2) is 50.0 Å². The molecule has 2 bridgehead atoms. The van der Waals surface area contributed by atoms with E-state index in [-0.39, 0.29) is 17.6 Å². The van der Waals surface area contributed by atoms with E-state index in [1.165, 1.54) is 0 Å². The Morgan fingerprint density at radius 1 is 1.19 bits per heavy atom. The number of nitrogens with one attached hydrogen (secondary N) is 1. The van der Waals surface area contributed by atoms with Gasteiger partial charge in [-0.3, -0.25) is 14.4 Å². The Balaban J connectivity index is 1.16. The highest BCUT2D eigenvalue weighted by Gasteiger charge is 2.43. The molecule has 6 rings (SSSR count). The van der Waals surface area contributed by atoms with Gasteiger partial charge in [-0.1, -0.05) is 29.5 Å². The number of carbonyl (C=O) groups excluding carboxylic acids is 1. The molecule has 3 aliphatic rings. The number of hydrogen-bond donors (Lipinski definition) is 2. The number of phenols is 1. The van der Waals surface area contributed by atoms with Crippen molar-refractivity contribution in [1.82, 2.24) is 19.9 Å². The second kappa shape index (κ2) is 9.00. The van der Waals surface area contributed by atoms with Gasteiger partial charge in [0.15, 0.2) is 0 Å². The molecule has 1 amide bonds. The molecule has 0 saturated carbocycles. The van der Waals surface area contributed by atoms with Crippen molar-refractivity contribution in [1.29, 1.82) is 0 Å². The predicted molar refractivity (Wildman–Crippen MR) is 119 cm³/mol. The number of ether oxygens (including phenoxy) is 1. The van der Waals surface area contributed by atoms with Gasteiger partial charge in [0.1, 0.15) is 23.8 Å². The van der Waals surface area contributed by atoms with Gasteiger partial charge in [-0.05, 0) is 49.6 Å². The molecule has 0 aliphatic carbocycles. The summed E-state index contributed by atoms with van der Waals surface area (Å²) in [7, 11) is 0. The number of aromatic hydroxyl groups is 1. The SMILES string of the molecule is O=C(Nc1cccc(O)c1)[C@H]1CN2CC[C@H]1C[C@@H]2Cn1cc(COc2ccccc2)nn1. The fourth-order valence-electron chi connectivity index (χ4n) is 4.83. The average molecular weight is 434 g/mol. The highest BCUT2D eigenvalue weighted by Crippen LogP contribution is 2.37. The molecule has 3 fully saturated rings. The van der Waals surface area contributed by atoms with Crippen LogP contribution in [0.3, 0.4) is 0 Å². The third kappa shape index (κ3) is 4.60. The monoisotopic (exact) mass is 433 g/mol. The van der Waals surface area contributed by atoms with Gasteiger partial charge in [-0.15, -0.1) is 5.10 Å². The number of aromatic nitrogens is 3. The number of anilines is 1. The van der Waals surface area contributed by atoms with E-state index in [2.05, 4.69) is 20.5 Å². The third-order valence-electron chi connectivity index (χ3n) is 6.44. The topological polar surface area (TPSA) is 92.5 Å². The average Bonchev–Trinajstić information content (AvgIpc) is 3.26. The normalized spacial score (nSPS) is 24.2. The van der Waals surface area contributed by atoms with E-state index < -0.39 is 0 Å². The van der Waals surface area contributed by atoms with Gasteiger partial charge in [-0.25, -0.2) is 0 Å². The molecule has 2 N–H and O–H groups in total. The van der Waals surface area contributed by atoms with Crippen molar-refractivity contribution in [3.63, 3.8) is 0 Å². The first-order valence-corrected chi connectivity index (χ1v) is 11.0. The number of nitrogens with zero attached hydrogens (tertiary/aromatic N) is 4. The van der Waals surface area contributed by atoms with Gasteiger partial charge >= 0.3 is 0 Å². The van der Waals surface area contributed by atoms with Crippen LogP contribution in [0.4, 0.5) is 5.69 Å². The van der Waals surface area contributed by atoms with Crippen molar-refractivity contribution in [3.05, 3.63) is 66.5 Å². The van der Waals surface area contributed by atoms with Crippen LogP contribution in [0.1, 0.15) is 18.5 Å². The van der Waals surface area contributed by atoms with Gasteiger partial charge in [0.05, 0.1) is 18.7 Å². The number of benzene rings is 2. The molecule has 8 nitrogen and oxygen atoms in total. The zero-order chi connectivity index (χ0) is 21.9. The molecule has 1 aromatic heterocycles. The quantitative estimate of drug-likeness (QED) is 0.595. The van der Waals surface area contributed by atoms with Gasteiger partial charge < -0.3 is 15.2 Å². The predicted octanol–water partition coefficient (Wildman–Crippen LogP) is 2.91. The van der Waals surface area contributed by atoms with Gasteiger partial charge in [0, 0.05) is 24.3 Å². The van der Waals surface area contributed by atoms with Gasteiger partial charge in [0.25, 0.3) is 0 Å². The maximum absolute atomic E-state index is 12.9. The molecule has 32 heavy (non-hydrogen) atoms. The lowest BCUT2D eigenvalue weighted by Crippen LogP contribution is -2.57. The molecule has 4 atom stereocenters. The van der Waals surface area contributed by atoms with E-state index in [0.29, 0.717) is 24.3 Å². The number of hydrogen-bond acceptors (Lipinski definition) is 6. The van der Waals surface area contributed by atoms with Crippen molar-refractivity contribution in [2.75, 3.05) is 18.4 Å². The minimum absolute atomic E-state index is 0.0323. The number of rotatable bonds is 7. The van der Waals surface area contributed by atoms with Crippen LogP contribution >= 0.6 is 0 Å². The number of phenolic OH excluding ortho intramolecular Hbond substituents is 1. The molecule has 4 heterocycles. The Morgan fingerprint density at radius 2 is 2.06 bits per heavy atom. The van der Waals surface area contributed by atoms with E-state index in [4.69, 9.17) is 4.74 Å². The minimum Gasteiger partial charge on any atom is -0.508 e. The number of piperidine rings is 3. The molecule has 3 saturated heterocycles. The summed E-state index contributed by atoms with van der Waals surface area (Å²) in [6, 6.07) is 16.7.